The van der Waals surface area contributed by atoms with Crippen molar-refractivity contribution in [2.75, 3.05) is 13.1 Å². The molecule has 0 aliphatic carbocycles. The fraction of sp³-hybridized carbons (Fsp3) is 0.350. The van der Waals surface area contributed by atoms with Crippen molar-refractivity contribution in [2.24, 2.45) is 0 Å². The Morgan fingerprint density at radius 2 is 2.08 bits per heavy atom. The van der Waals surface area contributed by atoms with Crippen molar-refractivity contribution in [2.45, 2.75) is 31.8 Å². The molecule has 0 bridgehead atoms. The second-order valence-corrected chi connectivity index (χ2v) is 7.45. The van der Waals surface area contributed by atoms with Crippen molar-refractivity contribution in [3.05, 3.63) is 58.4 Å². The maximum Gasteiger partial charge on any atom is 0.255 e. The number of nitrogens with zero attached hydrogens (tertiary/aromatic N) is 2. The molecule has 2 aromatic rings. The molecule has 0 atom stereocenters. The van der Waals surface area contributed by atoms with E-state index in [-0.39, 0.29) is 11.7 Å². The molecule has 3 heterocycles. The largest absolute Gasteiger partial charge is 0.486 e. The van der Waals surface area contributed by atoms with Crippen molar-refractivity contribution < 1.29 is 14.3 Å². The molecule has 26 heavy (non-hydrogen) atoms. The lowest BCUT2D eigenvalue weighted by Gasteiger charge is -2.44. The van der Waals surface area contributed by atoms with Gasteiger partial charge in [-0.05, 0) is 36.8 Å². The Morgan fingerprint density at radius 1 is 1.31 bits per heavy atom. The normalized spacial score (nSPS) is 18.4. The number of rotatable bonds is 1. The van der Waals surface area contributed by atoms with E-state index in [1.165, 1.54) is 0 Å². The van der Waals surface area contributed by atoms with Crippen LogP contribution in [0.1, 0.15) is 45.5 Å². The number of carbonyl (C=O) groups excluding carboxylic acids is 2. The van der Waals surface area contributed by atoms with Crippen molar-refractivity contribution in [1.29, 1.82) is 0 Å². The van der Waals surface area contributed by atoms with E-state index in [2.05, 4.69) is 4.98 Å². The minimum atomic E-state index is -0.533. The molecule has 1 fully saturated rings. The summed E-state index contributed by atoms with van der Waals surface area (Å²) >= 11 is 6.08. The van der Waals surface area contributed by atoms with Gasteiger partial charge in [-0.1, -0.05) is 11.6 Å². The van der Waals surface area contributed by atoms with Crippen molar-refractivity contribution >= 4 is 23.3 Å². The summed E-state index contributed by atoms with van der Waals surface area (Å²) in [6.45, 7) is 3.02. The molecule has 6 heteroatoms. The number of Topliss-reactive ketones (excluding diaryl/α,β-unsaturated/α-hetero) is 1. The van der Waals surface area contributed by atoms with Gasteiger partial charge in [0.15, 0.2) is 5.78 Å². The number of hydrogen-bond acceptors (Lipinski definition) is 4. The molecule has 2 aliphatic heterocycles. The van der Waals surface area contributed by atoms with E-state index in [0.29, 0.717) is 54.3 Å². The van der Waals surface area contributed by atoms with E-state index >= 15 is 0 Å². The first-order chi connectivity index (χ1) is 12.5. The zero-order chi connectivity index (χ0) is 18.3. The molecule has 4 rings (SSSR count). The average molecular weight is 371 g/mol. The number of carbonyl (C=O) groups is 2. The van der Waals surface area contributed by atoms with Gasteiger partial charge in [-0.25, -0.2) is 0 Å². The third kappa shape index (κ3) is 2.97. The highest BCUT2D eigenvalue weighted by Gasteiger charge is 2.44. The first-order valence-electron chi connectivity index (χ1n) is 8.69. The summed E-state index contributed by atoms with van der Waals surface area (Å²) in [6.07, 6.45) is 4.82. The van der Waals surface area contributed by atoms with Crippen molar-refractivity contribution in [1.82, 2.24) is 9.88 Å². The van der Waals surface area contributed by atoms with Crippen LogP contribution in [0, 0.1) is 6.92 Å². The maximum absolute atomic E-state index is 12.7. The molecule has 0 saturated carbocycles. The minimum Gasteiger partial charge on any atom is -0.486 e. The third-order valence-electron chi connectivity index (χ3n) is 5.21. The lowest BCUT2D eigenvalue weighted by Crippen LogP contribution is -2.52. The predicted octanol–water partition coefficient (Wildman–Crippen LogP) is 3.68. The Morgan fingerprint density at radius 3 is 2.77 bits per heavy atom. The number of ether oxygens (including phenoxy) is 1. The summed E-state index contributed by atoms with van der Waals surface area (Å²) in [5, 5.41) is 0.547. The second kappa shape index (κ2) is 6.40. The molecule has 2 aliphatic rings. The fourth-order valence-electron chi connectivity index (χ4n) is 3.78. The molecule has 1 saturated heterocycles. The SMILES string of the molecule is Cc1cc(Cl)cc2c1OC1(CCN(C(=O)c3cccnc3)CC1)CC2=O. The molecule has 134 valence electrons. The summed E-state index contributed by atoms with van der Waals surface area (Å²) in [4.78, 5) is 31.1. The number of halogens is 1. The lowest BCUT2D eigenvalue weighted by atomic mass is 9.82. The topological polar surface area (TPSA) is 59.5 Å². The molecule has 0 radical (unpaired) electrons. The number of likely N-dealkylation sites (tertiary alicyclic amines) is 1. The van der Waals surface area contributed by atoms with Crippen LogP contribution in [-0.4, -0.2) is 40.3 Å². The number of benzene rings is 1. The Bertz CT molecular complexity index is 874. The van der Waals surface area contributed by atoms with Crippen LogP contribution >= 0.6 is 11.6 Å². The van der Waals surface area contributed by atoms with Gasteiger partial charge >= 0.3 is 0 Å². The van der Waals surface area contributed by atoms with Gasteiger partial charge in [0.1, 0.15) is 11.4 Å². The highest BCUT2D eigenvalue weighted by molar-refractivity contribution is 6.31. The van der Waals surface area contributed by atoms with Gasteiger partial charge in [0.25, 0.3) is 5.91 Å². The van der Waals surface area contributed by atoms with Gasteiger partial charge in [-0.2, -0.15) is 0 Å². The summed E-state index contributed by atoms with van der Waals surface area (Å²) in [6, 6.07) is 7.02. The quantitative estimate of drug-likeness (QED) is 0.768. The summed E-state index contributed by atoms with van der Waals surface area (Å²) < 4.78 is 6.32. The molecule has 5 nitrogen and oxygen atoms in total. The highest BCUT2D eigenvalue weighted by Crippen LogP contribution is 2.42. The van der Waals surface area contributed by atoms with Crippen LogP contribution in [0.5, 0.6) is 5.75 Å². The number of aryl methyl sites for hydroxylation is 1. The molecule has 0 N–H and O–H groups in total. The number of hydrogen-bond donors (Lipinski definition) is 0. The van der Waals surface area contributed by atoms with E-state index in [1.807, 2.05) is 13.0 Å². The van der Waals surface area contributed by atoms with Crippen LogP contribution in [0.3, 0.4) is 0 Å². The number of ketones is 1. The molecule has 0 unspecified atom stereocenters. The first-order valence-corrected chi connectivity index (χ1v) is 9.07. The number of aromatic nitrogens is 1. The van der Waals surface area contributed by atoms with E-state index in [9.17, 15) is 9.59 Å². The van der Waals surface area contributed by atoms with Crippen molar-refractivity contribution in [3.63, 3.8) is 0 Å². The summed E-state index contributed by atoms with van der Waals surface area (Å²) in [5.74, 6) is 0.667. The molecule has 1 aromatic heterocycles. The van der Waals surface area contributed by atoms with E-state index in [4.69, 9.17) is 16.3 Å². The number of fused-ring (bicyclic) bond motifs is 1. The Labute approximate surface area is 156 Å². The van der Waals surface area contributed by atoms with Gasteiger partial charge < -0.3 is 9.64 Å². The summed E-state index contributed by atoms with van der Waals surface area (Å²) in [7, 11) is 0. The van der Waals surface area contributed by atoms with Crippen LogP contribution in [0.4, 0.5) is 0 Å². The van der Waals surface area contributed by atoms with Crippen LogP contribution in [0.2, 0.25) is 5.02 Å². The number of pyridine rings is 1. The van der Waals surface area contributed by atoms with Gasteiger partial charge in [0.2, 0.25) is 0 Å². The van der Waals surface area contributed by atoms with E-state index < -0.39 is 5.60 Å². The predicted molar refractivity (Wildman–Crippen MR) is 97.9 cm³/mol. The average Bonchev–Trinajstić information content (AvgIpc) is 2.64. The standard InChI is InChI=1S/C20H19ClN2O3/c1-13-9-15(21)10-16-17(24)11-20(26-18(13)16)4-7-23(8-5-20)19(25)14-3-2-6-22-12-14/h2-3,6,9-10,12H,4-5,7-8,11H2,1H3. The molecule has 1 aromatic carbocycles. The minimum absolute atomic E-state index is 0.0292. The van der Waals surface area contributed by atoms with Crippen molar-refractivity contribution in [3.8, 4) is 5.75 Å². The van der Waals surface area contributed by atoms with Crippen LogP contribution in [-0.2, 0) is 0 Å². The van der Waals surface area contributed by atoms with Crippen LogP contribution in [0.15, 0.2) is 36.7 Å². The van der Waals surface area contributed by atoms with Crippen LogP contribution in [0.25, 0.3) is 0 Å². The van der Waals surface area contributed by atoms with Gasteiger partial charge in [-0.15, -0.1) is 0 Å². The third-order valence-corrected chi connectivity index (χ3v) is 5.43. The van der Waals surface area contributed by atoms with Gasteiger partial charge in [0, 0.05) is 43.3 Å². The monoisotopic (exact) mass is 370 g/mol. The van der Waals surface area contributed by atoms with Gasteiger partial charge in [-0.3, -0.25) is 14.6 Å². The maximum atomic E-state index is 12.7. The first kappa shape index (κ1) is 17.0. The smallest absolute Gasteiger partial charge is 0.255 e. The van der Waals surface area contributed by atoms with Gasteiger partial charge in [0.05, 0.1) is 17.5 Å². The lowest BCUT2D eigenvalue weighted by molar-refractivity contribution is -0.00617. The highest BCUT2D eigenvalue weighted by atomic mass is 35.5. The molecular formula is C20H19ClN2O3. The van der Waals surface area contributed by atoms with Crippen LogP contribution < -0.4 is 4.74 Å². The Balaban J connectivity index is 1.52. The zero-order valence-corrected chi connectivity index (χ0v) is 15.3. The number of amides is 1. The van der Waals surface area contributed by atoms with E-state index in [0.717, 1.165) is 5.56 Å². The molecular weight excluding hydrogens is 352 g/mol. The Hall–Kier alpha value is -2.40. The Kier molecular flexibility index (Phi) is 4.19. The second-order valence-electron chi connectivity index (χ2n) is 7.02. The number of piperidine rings is 1. The fourth-order valence-corrected chi connectivity index (χ4v) is 4.05. The summed E-state index contributed by atoms with van der Waals surface area (Å²) in [5.41, 5.74) is 1.48. The molecule has 1 spiro atoms. The molecule has 1 amide bonds. The van der Waals surface area contributed by atoms with E-state index in [1.54, 1.807) is 35.5 Å². The zero-order valence-electron chi connectivity index (χ0n) is 14.5.